The van der Waals surface area contributed by atoms with Crippen LogP contribution in [0.4, 0.5) is 5.69 Å². The molecule has 2 rings (SSSR count). The van der Waals surface area contributed by atoms with E-state index in [1.807, 2.05) is 0 Å². The Kier molecular flexibility index (Phi) is 5.06. The summed E-state index contributed by atoms with van der Waals surface area (Å²) in [5.41, 5.74) is -1.62. The Morgan fingerprint density at radius 1 is 1.29 bits per heavy atom. The fourth-order valence-electron chi connectivity index (χ4n) is 3.19. The first kappa shape index (κ1) is 17.7. The Morgan fingerprint density at radius 3 is 2.46 bits per heavy atom. The first-order valence-electron chi connectivity index (χ1n) is 7.67. The maximum atomic E-state index is 12.8. The quantitative estimate of drug-likeness (QED) is 0.513. The number of phenolic OH excluding ortho intramolecular Hbond substituents is 1. The van der Waals surface area contributed by atoms with E-state index in [-0.39, 0.29) is 17.0 Å². The Balaban J connectivity index is 2.41. The summed E-state index contributed by atoms with van der Waals surface area (Å²) >= 11 is 0. The van der Waals surface area contributed by atoms with Crippen LogP contribution in [0.1, 0.15) is 42.5 Å². The number of hydrogen-bond acceptors (Lipinski definition) is 6. The molecule has 1 aliphatic rings. The summed E-state index contributed by atoms with van der Waals surface area (Å²) in [5, 5.41) is 20.8. The highest BCUT2D eigenvalue weighted by Gasteiger charge is 2.46. The van der Waals surface area contributed by atoms with Gasteiger partial charge in [0.1, 0.15) is 11.3 Å². The van der Waals surface area contributed by atoms with Crippen molar-refractivity contribution in [1.82, 2.24) is 4.90 Å². The van der Waals surface area contributed by atoms with Gasteiger partial charge in [0.05, 0.1) is 17.6 Å². The van der Waals surface area contributed by atoms with Crippen molar-refractivity contribution in [2.75, 3.05) is 14.2 Å². The van der Waals surface area contributed by atoms with E-state index in [0.717, 1.165) is 37.5 Å². The van der Waals surface area contributed by atoms with Gasteiger partial charge < -0.3 is 14.7 Å². The number of benzene rings is 1. The van der Waals surface area contributed by atoms with E-state index in [0.29, 0.717) is 12.8 Å². The molecule has 1 fully saturated rings. The number of nitrogens with zero attached hydrogens (tertiary/aromatic N) is 2. The molecule has 1 aromatic carbocycles. The molecule has 24 heavy (non-hydrogen) atoms. The van der Waals surface area contributed by atoms with Gasteiger partial charge in [-0.15, -0.1) is 0 Å². The Bertz CT molecular complexity index is 667. The minimum atomic E-state index is -1.11. The van der Waals surface area contributed by atoms with Gasteiger partial charge in [0.15, 0.2) is 0 Å². The summed E-state index contributed by atoms with van der Waals surface area (Å²) < 4.78 is 4.89. The lowest BCUT2D eigenvalue weighted by Gasteiger charge is -2.41. The third kappa shape index (κ3) is 3.04. The number of hydrogen-bond donors (Lipinski definition) is 1. The second-order valence-corrected chi connectivity index (χ2v) is 5.91. The van der Waals surface area contributed by atoms with Crippen LogP contribution in [0.5, 0.6) is 5.75 Å². The van der Waals surface area contributed by atoms with E-state index in [2.05, 4.69) is 0 Å². The molecule has 0 unspecified atom stereocenters. The lowest BCUT2D eigenvalue weighted by atomic mass is 9.80. The summed E-state index contributed by atoms with van der Waals surface area (Å²) in [7, 11) is 2.73. The molecule has 0 bridgehead atoms. The number of carbonyl (C=O) groups is 2. The average Bonchev–Trinajstić information content (AvgIpc) is 2.60. The highest BCUT2D eigenvalue weighted by Crippen LogP contribution is 2.36. The van der Waals surface area contributed by atoms with Crippen LogP contribution in [0.15, 0.2) is 18.2 Å². The second-order valence-electron chi connectivity index (χ2n) is 5.91. The van der Waals surface area contributed by atoms with Crippen molar-refractivity contribution >= 4 is 17.6 Å². The Labute approximate surface area is 139 Å². The minimum Gasteiger partial charge on any atom is -0.507 e. The SMILES string of the molecule is COC(=O)C1(N(C)C(=O)c2cc([N+](=O)[O-])ccc2O)CCCCC1. The molecule has 8 nitrogen and oxygen atoms in total. The summed E-state index contributed by atoms with van der Waals surface area (Å²) in [6, 6.07) is 3.23. The summed E-state index contributed by atoms with van der Waals surface area (Å²) in [6.07, 6.45) is 3.42. The lowest BCUT2D eigenvalue weighted by Crippen LogP contribution is -2.56. The van der Waals surface area contributed by atoms with E-state index in [1.165, 1.54) is 19.1 Å². The van der Waals surface area contributed by atoms with Crippen LogP contribution in [0.25, 0.3) is 0 Å². The number of esters is 1. The molecule has 0 atom stereocenters. The van der Waals surface area contributed by atoms with Crippen molar-refractivity contribution in [3.8, 4) is 5.75 Å². The lowest BCUT2D eigenvalue weighted by molar-refractivity contribution is -0.384. The van der Waals surface area contributed by atoms with E-state index in [1.54, 1.807) is 0 Å². The van der Waals surface area contributed by atoms with Gasteiger partial charge >= 0.3 is 5.97 Å². The molecule has 0 aliphatic heterocycles. The molecular weight excluding hydrogens is 316 g/mol. The number of non-ortho nitro benzene ring substituents is 1. The van der Waals surface area contributed by atoms with Crippen LogP contribution in [0.3, 0.4) is 0 Å². The van der Waals surface area contributed by atoms with E-state index >= 15 is 0 Å². The zero-order chi connectivity index (χ0) is 17.9. The zero-order valence-electron chi connectivity index (χ0n) is 13.7. The van der Waals surface area contributed by atoms with E-state index in [4.69, 9.17) is 4.74 Å². The number of phenols is 1. The number of likely N-dealkylation sites (N-methyl/N-ethyl adjacent to an activating group) is 1. The molecule has 0 radical (unpaired) electrons. The number of nitro groups is 1. The number of amides is 1. The fraction of sp³-hybridized carbons (Fsp3) is 0.500. The van der Waals surface area contributed by atoms with Crippen LogP contribution in [-0.2, 0) is 9.53 Å². The van der Waals surface area contributed by atoms with Gasteiger partial charge in [0.2, 0.25) is 0 Å². The molecule has 0 spiro atoms. The number of carbonyl (C=O) groups excluding carboxylic acids is 2. The van der Waals surface area contributed by atoms with Gasteiger partial charge in [-0.2, -0.15) is 0 Å². The zero-order valence-corrected chi connectivity index (χ0v) is 13.7. The average molecular weight is 336 g/mol. The highest BCUT2D eigenvalue weighted by molar-refractivity contribution is 6.00. The first-order valence-corrected chi connectivity index (χ1v) is 7.67. The second kappa shape index (κ2) is 6.86. The molecule has 1 amide bonds. The van der Waals surface area contributed by atoms with Crippen molar-refractivity contribution in [3.05, 3.63) is 33.9 Å². The molecule has 8 heteroatoms. The standard InChI is InChI=1S/C16H20N2O6/c1-17(16(15(21)24-2)8-4-3-5-9-16)14(20)12-10-11(18(22)23)6-7-13(12)19/h6-7,10,19H,3-5,8-9H2,1-2H3. The van der Waals surface area contributed by atoms with Gasteiger partial charge in [-0.25, -0.2) is 4.79 Å². The molecule has 1 saturated carbocycles. The molecule has 130 valence electrons. The van der Waals surface area contributed by atoms with Gasteiger partial charge in [-0.05, 0) is 18.9 Å². The summed E-state index contributed by atoms with van der Waals surface area (Å²) in [5.74, 6) is -1.53. The van der Waals surface area contributed by atoms with Gasteiger partial charge in [-0.3, -0.25) is 14.9 Å². The molecule has 0 saturated heterocycles. The van der Waals surface area contributed by atoms with Crippen molar-refractivity contribution in [2.45, 2.75) is 37.6 Å². The predicted octanol–water partition coefficient (Wildman–Crippen LogP) is 2.25. The maximum Gasteiger partial charge on any atom is 0.331 e. The minimum absolute atomic E-state index is 0.208. The molecule has 0 heterocycles. The summed E-state index contributed by atoms with van der Waals surface area (Å²) in [6.45, 7) is 0. The van der Waals surface area contributed by atoms with Crippen molar-refractivity contribution in [3.63, 3.8) is 0 Å². The van der Waals surface area contributed by atoms with E-state index in [9.17, 15) is 24.8 Å². The van der Waals surface area contributed by atoms with Crippen LogP contribution in [-0.4, -0.2) is 46.5 Å². The van der Waals surface area contributed by atoms with Gasteiger partial charge in [-0.1, -0.05) is 19.3 Å². The largest absolute Gasteiger partial charge is 0.507 e. The van der Waals surface area contributed by atoms with Crippen molar-refractivity contribution < 1.29 is 24.4 Å². The predicted molar refractivity (Wildman–Crippen MR) is 84.7 cm³/mol. The van der Waals surface area contributed by atoms with Crippen LogP contribution in [0, 0.1) is 10.1 Å². The highest BCUT2D eigenvalue weighted by atomic mass is 16.6. The molecule has 0 aromatic heterocycles. The molecule has 1 aliphatic carbocycles. The van der Waals surface area contributed by atoms with Crippen LogP contribution < -0.4 is 0 Å². The van der Waals surface area contributed by atoms with Crippen molar-refractivity contribution in [1.29, 1.82) is 0 Å². The first-order chi connectivity index (χ1) is 11.3. The molecular formula is C16H20N2O6. The topological polar surface area (TPSA) is 110 Å². The fourth-order valence-corrected chi connectivity index (χ4v) is 3.19. The van der Waals surface area contributed by atoms with Crippen LogP contribution >= 0.6 is 0 Å². The monoisotopic (exact) mass is 336 g/mol. The number of aromatic hydroxyl groups is 1. The Hall–Kier alpha value is -2.64. The number of ether oxygens (including phenoxy) is 1. The number of rotatable bonds is 4. The third-order valence-electron chi connectivity index (χ3n) is 4.61. The van der Waals surface area contributed by atoms with Gasteiger partial charge in [0, 0.05) is 19.2 Å². The molecule has 1 aromatic rings. The smallest absolute Gasteiger partial charge is 0.331 e. The summed E-state index contributed by atoms with van der Waals surface area (Å²) in [4.78, 5) is 36.6. The van der Waals surface area contributed by atoms with E-state index < -0.39 is 22.3 Å². The Morgan fingerprint density at radius 2 is 1.92 bits per heavy atom. The number of nitro benzene ring substituents is 1. The number of methoxy groups -OCH3 is 1. The molecule has 1 N–H and O–H groups in total. The normalized spacial score (nSPS) is 16.2. The van der Waals surface area contributed by atoms with Gasteiger partial charge in [0.25, 0.3) is 11.6 Å². The van der Waals surface area contributed by atoms with Crippen LogP contribution in [0.2, 0.25) is 0 Å². The van der Waals surface area contributed by atoms with Crippen molar-refractivity contribution in [2.24, 2.45) is 0 Å². The maximum absolute atomic E-state index is 12.8. The third-order valence-corrected chi connectivity index (χ3v) is 4.61.